The highest BCUT2D eigenvalue weighted by atomic mass is 19.1. The summed E-state index contributed by atoms with van der Waals surface area (Å²) in [4.78, 5) is 12.9. The van der Waals surface area contributed by atoms with E-state index < -0.39 is 11.6 Å². The van der Waals surface area contributed by atoms with Crippen molar-refractivity contribution in [3.63, 3.8) is 0 Å². The minimum absolute atomic E-state index is 0.161. The monoisotopic (exact) mass is 422 g/mol. The second-order valence-corrected chi connectivity index (χ2v) is 7.01. The summed E-state index contributed by atoms with van der Waals surface area (Å²) in [5, 5.41) is 0. The van der Waals surface area contributed by atoms with Crippen LogP contribution in [-0.4, -0.2) is 12.4 Å². The Hall–Kier alpha value is -3.67. The molecule has 0 radical (unpaired) electrons. The zero-order valence-electron chi connectivity index (χ0n) is 17.1. The number of allylic oxidation sites excluding steroid dienone is 1. The number of hydrogen-bond donors (Lipinski definition) is 0. The molecule has 0 aromatic heterocycles. The number of carbonyl (C=O) groups excluding carboxylic acids is 1. The average molecular weight is 422 g/mol. The number of ether oxygens (including phenoxy) is 3. The lowest BCUT2D eigenvalue weighted by Gasteiger charge is -2.10. The molecule has 158 valence electrons. The molecule has 3 aromatic rings. The van der Waals surface area contributed by atoms with Crippen LogP contribution < -0.4 is 14.2 Å². The Labute approximate surface area is 178 Å². The molecule has 6 heteroatoms. The maximum absolute atomic E-state index is 13.8. The summed E-state index contributed by atoms with van der Waals surface area (Å²) >= 11 is 0. The summed E-state index contributed by atoms with van der Waals surface area (Å²) in [6.45, 7) is 3.86. The Kier molecular flexibility index (Phi) is 5.71. The number of fused-ring (bicyclic) bond motifs is 1. The first-order valence-electron chi connectivity index (χ1n) is 9.84. The van der Waals surface area contributed by atoms with E-state index in [2.05, 4.69) is 0 Å². The van der Waals surface area contributed by atoms with Gasteiger partial charge in [0.2, 0.25) is 5.78 Å². The average Bonchev–Trinajstić information content (AvgIpc) is 3.05. The van der Waals surface area contributed by atoms with E-state index in [0.29, 0.717) is 35.0 Å². The van der Waals surface area contributed by atoms with Gasteiger partial charge in [-0.3, -0.25) is 4.79 Å². The van der Waals surface area contributed by atoms with Gasteiger partial charge in [0.1, 0.15) is 35.5 Å². The third-order valence-corrected chi connectivity index (χ3v) is 4.89. The minimum Gasteiger partial charge on any atom is -0.493 e. The van der Waals surface area contributed by atoms with E-state index in [4.69, 9.17) is 14.2 Å². The lowest BCUT2D eigenvalue weighted by molar-refractivity contribution is 0.101. The molecule has 0 atom stereocenters. The van der Waals surface area contributed by atoms with Crippen molar-refractivity contribution >= 4 is 11.9 Å². The molecule has 1 aliphatic rings. The number of benzene rings is 3. The van der Waals surface area contributed by atoms with E-state index in [1.165, 1.54) is 18.2 Å². The number of carbonyl (C=O) groups is 1. The minimum atomic E-state index is -0.678. The maximum Gasteiger partial charge on any atom is 0.232 e. The normalized spacial score (nSPS) is 13.8. The van der Waals surface area contributed by atoms with Gasteiger partial charge >= 0.3 is 0 Å². The van der Waals surface area contributed by atoms with Gasteiger partial charge in [-0.2, -0.15) is 0 Å². The predicted octanol–water partition coefficient (Wildman–Crippen LogP) is 5.87. The van der Waals surface area contributed by atoms with Crippen molar-refractivity contribution < 1.29 is 27.8 Å². The number of halogens is 2. The molecular weight excluding hydrogens is 402 g/mol. The molecule has 0 N–H and O–H groups in total. The Bertz CT molecular complexity index is 1160. The van der Waals surface area contributed by atoms with Gasteiger partial charge < -0.3 is 14.2 Å². The highest BCUT2D eigenvalue weighted by Crippen LogP contribution is 2.38. The third-order valence-electron chi connectivity index (χ3n) is 4.89. The van der Waals surface area contributed by atoms with E-state index in [1.54, 1.807) is 25.1 Å². The topological polar surface area (TPSA) is 44.8 Å². The molecule has 0 amide bonds. The van der Waals surface area contributed by atoms with Crippen molar-refractivity contribution in [2.45, 2.75) is 20.5 Å². The highest BCUT2D eigenvalue weighted by molar-refractivity contribution is 6.15. The molecule has 31 heavy (non-hydrogen) atoms. The maximum atomic E-state index is 13.8. The van der Waals surface area contributed by atoms with Crippen LogP contribution in [0.3, 0.4) is 0 Å². The molecule has 0 unspecified atom stereocenters. The van der Waals surface area contributed by atoms with Crippen LogP contribution in [0.2, 0.25) is 0 Å². The fraction of sp³-hybridized carbons (Fsp3) is 0.160. The van der Waals surface area contributed by atoms with Crippen LogP contribution in [0.15, 0.2) is 60.4 Å². The molecule has 3 aromatic carbocycles. The number of hydrogen-bond acceptors (Lipinski definition) is 4. The first kappa shape index (κ1) is 20.6. The van der Waals surface area contributed by atoms with Crippen LogP contribution in [0, 0.1) is 18.6 Å². The highest BCUT2D eigenvalue weighted by Gasteiger charge is 2.30. The SMILES string of the molecule is CCOc1ccccc1/C=C1\Oc2cc(OCc3c(F)cccc3F)cc(C)c2C1=O. The van der Waals surface area contributed by atoms with Gasteiger partial charge in [0.15, 0.2) is 5.76 Å². The molecular formula is C25H20F2O4. The van der Waals surface area contributed by atoms with Crippen molar-refractivity contribution in [1.29, 1.82) is 0 Å². The summed E-state index contributed by atoms with van der Waals surface area (Å²) < 4.78 is 44.7. The quantitative estimate of drug-likeness (QED) is 0.466. The van der Waals surface area contributed by atoms with E-state index in [1.807, 2.05) is 31.2 Å². The van der Waals surface area contributed by atoms with Gasteiger partial charge in [0, 0.05) is 11.6 Å². The summed E-state index contributed by atoms with van der Waals surface area (Å²) in [5.41, 5.74) is 1.65. The molecule has 0 saturated carbocycles. The zero-order valence-corrected chi connectivity index (χ0v) is 17.1. The van der Waals surface area contributed by atoms with Gasteiger partial charge in [-0.1, -0.05) is 24.3 Å². The van der Waals surface area contributed by atoms with Gasteiger partial charge in [0.25, 0.3) is 0 Å². The van der Waals surface area contributed by atoms with Crippen LogP contribution >= 0.6 is 0 Å². The van der Waals surface area contributed by atoms with Gasteiger partial charge in [-0.15, -0.1) is 0 Å². The molecule has 0 aliphatic carbocycles. The number of para-hydroxylation sites is 1. The van der Waals surface area contributed by atoms with Crippen molar-refractivity contribution in [1.82, 2.24) is 0 Å². The first-order chi connectivity index (χ1) is 15.0. The standard InChI is InChI=1S/C25H20F2O4/c1-3-29-21-10-5-4-7-16(21)12-23-25(28)24-15(2)11-17(13-22(24)31-23)30-14-18-19(26)8-6-9-20(18)27/h4-13H,3,14H2,1-2H3/b23-12-. The fourth-order valence-corrected chi connectivity index (χ4v) is 3.41. The molecule has 1 heterocycles. The molecule has 0 saturated heterocycles. The summed E-state index contributed by atoms with van der Waals surface area (Å²) in [7, 11) is 0. The largest absolute Gasteiger partial charge is 0.493 e. The molecule has 4 nitrogen and oxygen atoms in total. The van der Waals surface area contributed by atoms with Crippen LogP contribution in [0.5, 0.6) is 17.2 Å². The van der Waals surface area contributed by atoms with Gasteiger partial charge in [-0.25, -0.2) is 8.78 Å². The first-order valence-corrected chi connectivity index (χ1v) is 9.84. The number of ketones is 1. The lowest BCUT2D eigenvalue weighted by atomic mass is 10.0. The lowest BCUT2D eigenvalue weighted by Crippen LogP contribution is -2.02. The molecule has 0 spiro atoms. The van der Waals surface area contributed by atoms with Crippen LogP contribution in [0.25, 0.3) is 6.08 Å². The smallest absolute Gasteiger partial charge is 0.232 e. The summed E-state index contributed by atoms with van der Waals surface area (Å²) in [6, 6.07) is 14.2. The Morgan fingerprint density at radius 1 is 1.00 bits per heavy atom. The second kappa shape index (κ2) is 8.60. The third kappa shape index (κ3) is 4.14. The number of Topliss-reactive ketones (excluding diaryl/α,β-unsaturated/α-hetero) is 1. The van der Waals surface area contributed by atoms with Crippen molar-refractivity contribution in [2.75, 3.05) is 6.61 Å². The van der Waals surface area contributed by atoms with Crippen LogP contribution in [0.4, 0.5) is 8.78 Å². The Morgan fingerprint density at radius 2 is 1.74 bits per heavy atom. The van der Waals surface area contributed by atoms with E-state index in [-0.39, 0.29) is 23.7 Å². The molecule has 0 fully saturated rings. The summed E-state index contributed by atoms with van der Waals surface area (Å²) in [5.74, 6) is -0.0904. The van der Waals surface area contributed by atoms with Crippen LogP contribution in [0.1, 0.15) is 34.0 Å². The fourth-order valence-electron chi connectivity index (χ4n) is 3.41. The Morgan fingerprint density at radius 3 is 2.48 bits per heavy atom. The molecule has 4 rings (SSSR count). The van der Waals surface area contributed by atoms with Gasteiger partial charge in [0.05, 0.1) is 17.7 Å². The van der Waals surface area contributed by atoms with E-state index in [9.17, 15) is 13.6 Å². The molecule has 1 aliphatic heterocycles. The zero-order chi connectivity index (χ0) is 22.0. The number of rotatable bonds is 6. The number of aryl methyl sites for hydroxylation is 1. The summed E-state index contributed by atoms with van der Waals surface area (Å²) in [6.07, 6.45) is 1.64. The van der Waals surface area contributed by atoms with Gasteiger partial charge in [-0.05, 0) is 49.8 Å². The Balaban J connectivity index is 1.60. The van der Waals surface area contributed by atoms with E-state index in [0.717, 1.165) is 5.56 Å². The van der Waals surface area contributed by atoms with E-state index >= 15 is 0 Å². The molecule has 0 bridgehead atoms. The second-order valence-electron chi connectivity index (χ2n) is 7.01. The predicted molar refractivity (Wildman–Crippen MR) is 112 cm³/mol. The van der Waals surface area contributed by atoms with Crippen LogP contribution in [-0.2, 0) is 6.61 Å². The van der Waals surface area contributed by atoms with Crippen molar-refractivity contribution in [3.8, 4) is 17.2 Å². The van der Waals surface area contributed by atoms with Crippen molar-refractivity contribution in [2.24, 2.45) is 0 Å². The van der Waals surface area contributed by atoms with Crippen molar-refractivity contribution in [3.05, 3.63) is 94.2 Å².